The molecule has 1 saturated carbocycles. The Labute approximate surface area is 153 Å². The lowest BCUT2D eigenvalue weighted by molar-refractivity contribution is -0.122. The summed E-state index contributed by atoms with van der Waals surface area (Å²) in [5.74, 6) is 3.33. The Morgan fingerprint density at radius 1 is 1.38 bits per heavy atom. The van der Waals surface area contributed by atoms with Crippen LogP contribution >= 0.6 is 24.2 Å². The molecular weight excluding hydrogens is 348 g/mol. The number of ether oxygens (including phenoxy) is 2. The SMILES string of the molecule is COc1ccc(CNC(=O)C2CSCN2)c(OC2CCCC2)c1.Cl. The zero-order valence-electron chi connectivity index (χ0n) is 13.9. The van der Waals surface area contributed by atoms with E-state index in [9.17, 15) is 4.79 Å². The highest BCUT2D eigenvalue weighted by Crippen LogP contribution is 2.30. The first-order chi connectivity index (χ1) is 11.3. The van der Waals surface area contributed by atoms with E-state index < -0.39 is 0 Å². The molecule has 1 aliphatic heterocycles. The van der Waals surface area contributed by atoms with Crippen LogP contribution in [0.1, 0.15) is 31.2 Å². The van der Waals surface area contributed by atoms with E-state index in [0.717, 1.165) is 41.5 Å². The third kappa shape index (κ3) is 4.94. The van der Waals surface area contributed by atoms with Gasteiger partial charge in [-0.25, -0.2) is 0 Å². The minimum absolute atomic E-state index is 0. The minimum Gasteiger partial charge on any atom is -0.497 e. The van der Waals surface area contributed by atoms with Crippen molar-refractivity contribution < 1.29 is 14.3 Å². The molecule has 1 saturated heterocycles. The fourth-order valence-electron chi connectivity index (χ4n) is 2.97. The second-order valence-electron chi connectivity index (χ2n) is 5.99. The highest BCUT2D eigenvalue weighted by molar-refractivity contribution is 7.99. The van der Waals surface area contributed by atoms with Gasteiger partial charge in [0.05, 0.1) is 19.3 Å². The van der Waals surface area contributed by atoms with Gasteiger partial charge in [0.25, 0.3) is 0 Å². The van der Waals surface area contributed by atoms with Crippen LogP contribution in [0.15, 0.2) is 18.2 Å². The number of nitrogens with one attached hydrogen (secondary N) is 2. The molecule has 0 bridgehead atoms. The molecule has 3 rings (SSSR count). The van der Waals surface area contributed by atoms with Crippen LogP contribution in [0, 0.1) is 0 Å². The van der Waals surface area contributed by atoms with Gasteiger partial charge in [0.2, 0.25) is 5.91 Å². The van der Waals surface area contributed by atoms with E-state index in [1.54, 1.807) is 18.9 Å². The Bertz CT molecular complexity index is 547. The molecule has 1 aromatic rings. The van der Waals surface area contributed by atoms with Crippen molar-refractivity contribution >= 4 is 30.1 Å². The van der Waals surface area contributed by atoms with Gasteiger partial charge < -0.3 is 14.8 Å². The third-order valence-electron chi connectivity index (χ3n) is 4.36. The number of amides is 1. The lowest BCUT2D eigenvalue weighted by atomic mass is 10.1. The molecule has 7 heteroatoms. The molecule has 1 unspecified atom stereocenters. The molecule has 2 N–H and O–H groups in total. The quantitative estimate of drug-likeness (QED) is 0.804. The fraction of sp³-hybridized carbons (Fsp3) is 0.588. The number of thioether (sulfide) groups is 1. The monoisotopic (exact) mass is 372 g/mol. The van der Waals surface area contributed by atoms with Crippen LogP contribution in [0.25, 0.3) is 0 Å². The van der Waals surface area contributed by atoms with E-state index in [2.05, 4.69) is 10.6 Å². The van der Waals surface area contributed by atoms with Crippen molar-refractivity contribution in [2.45, 2.75) is 44.4 Å². The van der Waals surface area contributed by atoms with E-state index in [1.165, 1.54) is 12.8 Å². The van der Waals surface area contributed by atoms with E-state index in [4.69, 9.17) is 9.47 Å². The van der Waals surface area contributed by atoms with Crippen molar-refractivity contribution in [3.63, 3.8) is 0 Å². The maximum absolute atomic E-state index is 12.1. The zero-order chi connectivity index (χ0) is 16.1. The predicted octanol–water partition coefficient (Wildman–Crippen LogP) is 2.72. The number of hydrogen-bond donors (Lipinski definition) is 2. The summed E-state index contributed by atoms with van der Waals surface area (Å²) < 4.78 is 11.5. The first kappa shape index (κ1) is 19.2. The molecule has 0 spiro atoms. The summed E-state index contributed by atoms with van der Waals surface area (Å²) >= 11 is 1.75. The molecular formula is C17H25ClN2O3S. The van der Waals surface area contributed by atoms with Crippen LogP contribution in [-0.4, -0.2) is 36.8 Å². The Balaban J connectivity index is 0.00000208. The summed E-state index contributed by atoms with van der Waals surface area (Å²) in [6.45, 7) is 0.480. The second kappa shape index (κ2) is 9.39. The summed E-state index contributed by atoms with van der Waals surface area (Å²) in [5, 5.41) is 6.19. The molecule has 5 nitrogen and oxygen atoms in total. The first-order valence-corrected chi connectivity index (χ1v) is 9.34. The van der Waals surface area contributed by atoms with Gasteiger partial charge in [0, 0.05) is 29.8 Å². The summed E-state index contributed by atoms with van der Waals surface area (Å²) in [6.07, 6.45) is 4.94. The van der Waals surface area contributed by atoms with Crippen LogP contribution < -0.4 is 20.1 Å². The Morgan fingerprint density at radius 2 is 2.17 bits per heavy atom. The van der Waals surface area contributed by atoms with Crippen LogP contribution in [0.5, 0.6) is 11.5 Å². The van der Waals surface area contributed by atoms with E-state index >= 15 is 0 Å². The first-order valence-electron chi connectivity index (χ1n) is 8.18. The fourth-order valence-corrected chi connectivity index (χ4v) is 3.91. The van der Waals surface area contributed by atoms with Gasteiger partial charge in [0.1, 0.15) is 11.5 Å². The van der Waals surface area contributed by atoms with Gasteiger partial charge in [0.15, 0.2) is 0 Å². The molecule has 1 aliphatic carbocycles. The topological polar surface area (TPSA) is 59.6 Å². The summed E-state index contributed by atoms with van der Waals surface area (Å²) in [4.78, 5) is 12.1. The molecule has 0 aromatic heterocycles. The third-order valence-corrected chi connectivity index (χ3v) is 5.30. The maximum atomic E-state index is 12.1. The Kier molecular flexibility index (Phi) is 7.52. The van der Waals surface area contributed by atoms with E-state index in [0.29, 0.717) is 6.54 Å². The Hall–Kier alpha value is -1.11. The van der Waals surface area contributed by atoms with Crippen molar-refractivity contribution in [3.8, 4) is 11.5 Å². The molecule has 0 radical (unpaired) electrons. The molecule has 1 amide bonds. The van der Waals surface area contributed by atoms with Crippen LogP contribution in [0.4, 0.5) is 0 Å². The van der Waals surface area contributed by atoms with Gasteiger partial charge >= 0.3 is 0 Å². The molecule has 2 fully saturated rings. The van der Waals surface area contributed by atoms with Crippen LogP contribution in [0.2, 0.25) is 0 Å². The number of methoxy groups -OCH3 is 1. The van der Waals surface area contributed by atoms with E-state index in [1.807, 2.05) is 18.2 Å². The minimum atomic E-state index is -0.0857. The van der Waals surface area contributed by atoms with Crippen molar-refractivity contribution in [2.75, 3.05) is 18.7 Å². The number of rotatable bonds is 6. The largest absolute Gasteiger partial charge is 0.497 e. The zero-order valence-corrected chi connectivity index (χ0v) is 15.5. The normalized spacial score (nSPS) is 20.5. The van der Waals surface area contributed by atoms with Gasteiger partial charge in [-0.3, -0.25) is 10.1 Å². The number of benzene rings is 1. The van der Waals surface area contributed by atoms with Crippen molar-refractivity contribution in [1.29, 1.82) is 0 Å². The number of carbonyl (C=O) groups excluding carboxylic acids is 1. The summed E-state index contributed by atoms with van der Waals surface area (Å²) in [6, 6.07) is 5.72. The van der Waals surface area contributed by atoms with Gasteiger partial charge in [-0.2, -0.15) is 0 Å². The van der Waals surface area contributed by atoms with Crippen molar-refractivity contribution in [2.24, 2.45) is 0 Å². The predicted molar refractivity (Wildman–Crippen MR) is 99.2 cm³/mol. The van der Waals surface area contributed by atoms with Crippen LogP contribution in [-0.2, 0) is 11.3 Å². The molecule has 1 atom stereocenters. The standard InChI is InChI=1S/C17H24N2O3S.ClH/c1-21-14-7-6-12(9-18-17(20)15-10-23-11-19-15)16(8-14)22-13-4-2-3-5-13;/h6-8,13,15,19H,2-5,9-11H2,1H3,(H,18,20);1H. The summed E-state index contributed by atoms with van der Waals surface area (Å²) in [5.41, 5.74) is 0.997. The highest BCUT2D eigenvalue weighted by Gasteiger charge is 2.23. The van der Waals surface area contributed by atoms with Crippen molar-refractivity contribution in [3.05, 3.63) is 23.8 Å². The molecule has 1 aromatic carbocycles. The Morgan fingerprint density at radius 3 is 2.83 bits per heavy atom. The maximum Gasteiger partial charge on any atom is 0.238 e. The average molecular weight is 373 g/mol. The number of hydrogen-bond acceptors (Lipinski definition) is 5. The smallest absolute Gasteiger partial charge is 0.238 e. The second-order valence-corrected chi connectivity index (χ2v) is 7.02. The van der Waals surface area contributed by atoms with Gasteiger partial charge in [-0.15, -0.1) is 24.2 Å². The summed E-state index contributed by atoms with van der Waals surface area (Å²) in [7, 11) is 1.65. The van der Waals surface area contributed by atoms with Crippen molar-refractivity contribution in [1.82, 2.24) is 10.6 Å². The van der Waals surface area contributed by atoms with E-state index in [-0.39, 0.29) is 30.5 Å². The molecule has 1 heterocycles. The molecule has 24 heavy (non-hydrogen) atoms. The molecule has 134 valence electrons. The number of halogens is 1. The molecule has 2 aliphatic rings. The highest BCUT2D eigenvalue weighted by atomic mass is 35.5. The van der Waals surface area contributed by atoms with Crippen LogP contribution in [0.3, 0.4) is 0 Å². The lowest BCUT2D eigenvalue weighted by Gasteiger charge is -2.18. The van der Waals surface area contributed by atoms with Gasteiger partial charge in [-0.05, 0) is 37.8 Å². The number of carbonyl (C=O) groups is 1. The lowest BCUT2D eigenvalue weighted by Crippen LogP contribution is -2.41. The average Bonchev–Trinajstić information content (AvgIpc) is 3.26. The van der Waals surface area contributed by atoms with Gasteiger partial charge in [-0.1, -0.05) is 0 Å².